The number of carbonyl (C=O) groups is 3. The molecule has 1 fully saturated rings. The molecule has 0 aromatic heterocycles. The Morgan fingerprint density at radius 2 is 1.68 bits per heavy atom. The van der Waals surface area contributed by atoms with Crippen LogP contribution in [0.15, 0.2) is 42.5 Å². The Morgan fingerprint density at radius 1 is 0.935 bits per heavy atom. The zero-order valence-corrected chi connectivity index (χ0v) is 18.3. The van der Waals surface area contributed by atoms with E-state index in [2.05, 4.69) is 5.32 Å². The van der Waals surface area contributed by atoms with Gasteiger partial charge in [-0.3, -0.25) is 14.4 Å². The summed E-state index contributed by atoms with van der Waals surface area (Å²) in [6.45, 7) is 7.54. The third-order valence-corrected chi connectivity index (χ3v) is 5.41. The van der Waals surface area contributed by atoms with E-state index in [1.54, 1.807) is 34.1 Å². The van der Waals surface area contributed by atoms with Gasteiger partial charge in [0.25, 0.3) is 11.8 Å². The molecule has 7 heteroatoms. The van der Waals surface area contributed by atoms with Crippen molar-refractivity contribution in [3.63, 3.8) is 0 Å². The summed E-state index contributed by atoms with van der Waals surface area (Å²) in [6.07, 6.45) is 0.701. The highest BCUT2D eigenvalue weighted by Gasteiger charge is 2.23. The van der Waals surface area contributed by atoms with E-state index in [0.29, 0.717) is 49.6 Å². The van der Waals surface area contributed by atoms with Crippen LogP contribution in [0.1, 0.15) is 34.8 Å². The van der Waals surface area contributed by atoms with Crippen LogP contribution in [0.4, 0.5) is 5.69 Å². The molecule has 1 saturated heterocycles. The standard InChI is InChI=1S/C24H29N3O4/c1-17-8-9-22(14-18(17)2)31-16-23(29)26-10-5-11-27(13-12-26)24(30)20-6-4-7-21(15-20)25-19(3)28/h4,6-9,14-15H,5,10-13,16H2,1-3H3,(H,25,28). The fourth-order valence-corrected chi connectivity index (χ4v) is 3.53. The molecule has 0 radical (unpaired) electrons. The van der Waals surface area contributed by atoms with Gasteiger partial charge in [-0.05, 0) is 61.7 Å². The monoisotopic (exact) mass is 423 g/mol. The molecule has 0 unspecified atom stereocenters. The summed E-state index contributed by atoms with van der Waals surface area (Å²) >= 11 is 0. The summed E-state index contributed by atoms with van der Waals surface area (Å²) in [7, 11) is 0. The first kappa shape index (κ1) is 22.3. The van der Waals surface area contributed by atoms with Crippen LogP contribution in [-0.4, -0.2) is 60.3 Å². The predicted molar refractivity (Wildman–Crippen MR) is 119 cm³/mol. The molecule has 3 amide bonds. The van der Waals surface area contributed by atoms with Crippen molar-refractivity contribution in [3.05, 3.63) is 59.2 Å². The molecule has 0 atom stereocenters. The molecule has 3 rings (SSSR count). The maximum Gasteiger partial charge on any atom is 0.260 e. The minimum absolute atomic E-state index is 0.0186. The Morgan fingerprint density at radius 3 is 2.42 bits per heavy atom. The predicted octanol–water partition coefficient (Wildman–Crippen LogP) is 3.02. The smallest absolute Gasteiger partial charge is 0.260 e. The van der Waals surface area contributed by atoms with Gasteiger partial charge in [-0.25, -0.2) is 0 Å². The molecule has 1 N–H and O–H groups in total. The topological polar surface area (TPSA) is 79.0 Å². The molecular formula is C24H29N3O4. The van der Waals surface area contributed by atoms with E-state index in [1.807, 2.05) is 32.0 Å². The summed E-state index contributed by atoms with van der Waals surface area (Å²) < 4.78 is 5.68. The van der Waals surface area contributed by atoms with Gasteiger partial charge in [0, 0.05) is 44.4 Å². The zero-order valence-electron chi connectivity index (χ0n) is 18.3. The van der Waals surface area contributed by atoms with Gasteiger partial charge in [0.2, 0.25) is 5.91 Å². The summed E-state index contributed by atoms with van der Waals surface area (Å²) in [5, 5.41) is 2.69. The lowest BCUT2D eigenvalue weighted by atomic mass is 10.1. The Kier molecular flexibility index (Phi) is 7.28. The molecule has 0 aliphatic carbocycles. The minimum Gasteiger partial charge on any atom is -0.484 e. The van der Waals surface area contributed by atoms with Crippen molar-refractivity contribution >= 4 is 23.4 Å². The Labute approximate surface area is 183 Å². The Bertz CT molecular complexity index is 973. The number of anilines is 1. The van der Waals surface area contributed by atoms with E-state index in [1.165, 1.54) is 12.5 Å². The van der Waals surface area contributed by atoms with E-state index in [-0.39, 0.29) is 24.3 Å². The van der Waals surface area contributed by atoms with Crippen molar-refractivity contribution in [1.82, 2.24) is 9.80 Å². The molecule has 2 aromatic carbocycles. The average molecular weight is 424 g/mol. The average Bonchev–Trinajstić information content (AvgIpc) is 3.00. The molecule has 0 saturated carbocycles. The highest BCUT2D eigenvalue weighted by molar-refractivity contribution is 5.96. The van der Waals surface area contributed by atoms with E-state index in [4.69, 9.17) is 4.74 Å². The van der Waals surface area contributed by atoms with Crippen LogP contribution in [0.5, 0.6) is 5.75 Å². The molecule has 164 valence electrons. The van der Waals surface area contributed by atoms with Gasteiger partial charge < -0.3 is 19.9 Å². The van der Waals surface area contributed by atoms with Crippen LogP contribution in [0, 0.1) is 13.8 Å². The second-order valence-corrected chi connectivity index (χ2v) is 7.82. The third-order valence-electron chi connectivity index (χ3n) is 5.41. The molecule has 0 spiro atoms. The number of aryl methyl sites for hydroxylation is 2. The fraction of sp³-hybridized carbons (Fsp3) is 0.375. The Balaban J connectivity index is 1.55. The van der Waals surface area contributed by atoms with Crippen molar-refractivity contribution in [2.24, 2.45) is 0 Å². The molecule has 1 heterocycles. The van der Waals surface area contributed by atoms with Crippen LogP contribution in [0.2, 0.25) is 0 Å². The number of carbonyl (C=O) groups excluding carboxylic acids is 3. The van der Waals surface area contributed by atoms with Crippen LogP contribution in [-0.2, 0) is 9.59 Å². The lowest BCUT2D eigenvalue weighted by Gasteiger charge is -2.22. The fourth-order valence-electron chi connectivity index (χ4n) is 3.53. The number of benzene rings is 2. The van der Waals surface area contributed by atoms with E-state index < -0.39 is 0 Å². The first-order chi connectivity index (χ1) is 14.8. The highest BCUT2D eigenvalue weighted by atomic mass is 16.5. The normalized spacial score (nSPS) is 14.0. The van der Waals surface area contributed by atoms with E-state index >= 15 is 0 Å². The lowest BCUT2D eigenvalue weighted by Crippen LogP contribution is -2.39. The quantitative estimate of drug-likeness (QED) is 0.802. The van der Waals surface area contributed by atoms with Crippen LogP contribution < -0.4 is 10.1 Å². The van der Waals surface area contributed by atoms with E-state index in [0.717, 1.165) is 5.56 Å². The summed E-state index contributed by atoms with van der Waals surface area (Å²) in [4.78, 5) is 40.3. The van der Waals surface area contributed by atoms with Crippen molar-refractivity contribution in [2.45, 2.75) is 27.2 Å². The Hall–Kier alpha value is -3.35. The van der Waals surface area contributed by atoms with Gasteiger partial charge in [-0.2, -0.15) is 0 Å². The van der Waals surface area contributed by atoms with Crippen LogP contribution in [0.3, 0.4) is 0 Å². The number of nitrogens with zero attached hydrogens (tertiary/aromatic N) is 2. The molecule has 7 nitrogen and oxygen atoms in total. The largest absolute Gasteiger partial charge is 0.484 e. The summed E-state index contributed by atoms with van der Waals surface area (Å²) in [5.41, 5.74) is 3.41. The van der Waals surface area contributed by atoms with Gasteiger partial charge >= 0.3 is 0 Å². The number of hydrogen-bond donors (Lipinski definition) is 1. The van der Waals surface area contributed by atoms with Gasteiger partial charge in [0.1, 0.15) is 5.75 Å². The SMILES string of the molecule is CC(=O)Nc1cccc(C(=O)N2CCCN(C(=O)COc3ccc(C)c(C)c3)CC2)c1. The van der Waals surface area contributed by atoms with Gasteiger partial charge in [-0.1, -0.05) is 12.1 Å². The zero-order chi connectivity index (χ0) is 22.4. The second-order valence-electron chi connectivity index (χ2n) is 7.82. The maximum absolute atomic E-state index is 12.9. The third kappa shape index (κ3) is 6.07. The second kappa shape index (κ2) is 10.1. The summed E-state index contributed by atoms with van der Waals surface area (Å²) in [5.74, 6) is 0.312. The van der Waals surface area contributed by atoms with Crippen LogP contribution in [0.25, 0.3) is 0 Å². The molecule has 1 aliphatic heterocycles. The number of hydrogen-bond acceptors (Lipinski definition) is 4. The van der Waals surface area contributed by atoms with Gasteiger partial charge in [0.05, 0.1) is 0 Å². The first-order valence-corrected chi connectivity index (χ1v) is 10.5. The van der Waals surface area contributed by atoms with Gasteiger partial charge in [-0.15, -0.1) is 0 Å². The number of ether oxygens (including phenoxy) is 1. The first-order valence-electron chi connectivity index (χ1n) is 10.5. The van der Waals surface area contributed by atoms with Crippen molar-refractivity contribution < 1.29 is 19.1 Å². The summed E-state index contributed by atoms with van der Waals surface area (Å²) in [6, 6.07) is 12.7. The molecule has 1 aliphatic rings. The molecule has 0 bridgehead atoms. The number of amides is 3. The molecular weight excluding hydrogens is 394 g/mol. The minimum atomic E-state index is -0.184. The van der Waals surface area contributed by atoms with Crippen molar-refractivity contribution in [2.75, 3.05) is 38.1 Å². The van der Waals surface area contributed by atoms with Gasteiger partial charge in [0.15, 0.2) is 6.61 Å². The van der Waals surface area contributed by atoms with Crippen LogP contribution >= 0.6 is 0 Å². The lowest BCUT2D eigenvalue weighted by molar-refractivity contribution is -0.133. The number of nitrogens with one attached hydrogen (secondary N) is 1. The van der Waals surface area contributed by atoms with Crippen molar-refractivity contribution in [1.29, 1.82) is 0 Å². The number of rotatable bonds is 5. The highest BCUT2D eigenvalue weighted by Crippen LogP contribution is 2.17. The van der Waals surface area contributed by atoms with Crippen molar-refractivity contribution in [3.8, 4) is 5.75 Å². The van der Waals surface area contributed by atoms with E-state index in [9.17, 15) is 14.4 Å². The maximum atomic E-state index is 12.9. The molecule has 2 aromatic rings. The molecule has 31 heavy (non-hydrogen) atoms.